The van der Waals surface area contributed by atoms with Crippen molar-refractivity contribution >= 4 is 28.7 Å². The Balaban J connectivity index is 2.00. The molecule has 0 atom stereocenters. The molecule has 1 heterocycles. The Kier molecular flexibility index (Phi) is 3.84. The third-order valence-electron chi connectivity index (χ3n) is 2.57. The maximum Gasteiger partial charge on any atom is 0.335 e. The van der Waals surface area contributed by atoms with Crippen LogP contribution in [0, 0.1) is 0 Å². The van der Waals surface area contributed by atoms with Crippen molar-refractivity contribution in [3.05, 3.63) is 46.2 Å². The molecule has 94 valence electrons. The Bertz CT molecular complexity index is 538. The van der Waals surface area contributed by atoms with Crippen LogP contribution in [0.15, 0.2) is 35.7 Å². The molecular weight excluding hydrogens is 248 g/mol. The van der Waals surface area contributed by atoms with Crippen molar-refractivity contribution in [3.8, 4) is 0 Å². The summed E-state index contributed by atoms with van der Waals surface area (Å²) in [5, 5.41) is 14.1. The molecule has 0 radical (unpaired) electrons. The normalized spacial score (nSPS) is 10.2. The van der Waals surface area contributed by atoms with E-state index in [2.05, 4.69) is 11.4 Å². The first-order valence-electron chi connectivity index (χ1n) is 5.56. The fourth-order valence-electron chi connectivity index (χ4n) is 1.62. The Morgan fingerprint density at radius 1 is 1.39 bits per heavy atom. The summed E-state index contributed by atoms with van der Waals surface area (Å²) >= 11 is 1.70. The minimum atomic E-state index is -0.948. The fourth-order valence-corrected chi connectivity index (χ4v) is 2.33. The number of nitrogens with one attached hydrogen (secondary N) is 1. The molecule has 4 N–H and O–H groups in total. The molecule has 0 spiro atoms. The van der Waals surface area contributed by atoms with Crippen molar-refractivity contribution in [1.29, 1.82) is 0 Å². The molecule has 0 saturated carbocycles. The van der Waals surface area contributed by atoms with Gasteiger partial charge in [-0.3, -0.25) is 0 Å². The third kappa shape index (κ3) is 3.01. The third-order valence-corrected chi connectivity index (χ3v) is 3.50. The van der Waals surface area contributed by atoms with Gasteiger partial charge in [0.25, 0.3) is 0 Å². The van der Waals surface area contributed by atoms with Gasteiger partial charge < -0.3 is 16.2 Å². The van der Waals surface area contributed by atoms with E-state index in [0.717, 1.165) is 13.0 Å². The van der Waals surface area contributed by atoms with Crippen LogP contribution in [0.5, 0.6) is 0 Å². The second kappa shape index (κ2) is 5.55. The van der Waals surface area contributed by atoms with E-state index in [1.807, 2.05) is 11.4 Å². The lowest BCUT2D eigenvalue weighted by atomic mass is 10.1. The number of carboxylic acid groups (broad SMARTS) is 1. The van der Waals surface area contributed by atoms with Crippen molar-refractivity contribution in [3.63, 3.8) is 0 Å². The molecule has 18 heavy (non-hydrogen) atoms. The molecule has 2 rings (SSSR count). The van der Waals surface area contributed by atoms with Crippen molar-refractivity contribution in [2.75, 3.05) is 17.6 Å². The van der Waals surface area contributed by atoms with Gasteiger partial charge in [0.2, 0.25) is 0 Å². The van der Waals surface area contributed by atoms with Crippen molar-refractivity contribution < 1.29 is 9.90 Å². The number of thiophene rings is 1. The smallest absolute Gasteiger partial charge is 0.335 e. The first kappa shape index (κ1) is 12.4. The summed E-state index contributed by atoms with van der Waals surface area (Å²) in [4.78, 5) is 12.1. The van der Waals surface area contributed by atoms with Crippen LogP contribution >= 0.6 is 11.3 Å². The zero-order valence-corrected chi connectivity index (χ0v) is 10.5. The van der Waals surface area contributed by atoms with E-state index in [-0.39, 0.29) is 5.56 Å². The van der Waals surface area contributed by atoms with Gasteiger partial charge in [0.15, 0.2) is 0 Å². The number of anilines is 2. The Morgan fingerprint density at radius 2 is 2.22 bits per heavy atom. The van der Waals surface area contributed by atoms with Gasteiger partial charge in [0.05, 0.1) is 16.9 Å². The van der Waals surface area contributed by atoms with Gasteiger partial charge in [0.1, 0.15) is 0 Å². The standard InChI is InChI=1S/C13H14N2O2S/c14-11-4-3-9(13(16)17)8-12(11)15-6-5-10-2-1-7-18-10/h1-4,7-8,15H,5-6,14H2,(H,16,17). The van der Waals surface area contributed by atoms with E-state index < -0.39 is 5.97 Å². The molecule has 2 aromatic rings. The Morgan fingerprint density at radius 3 is 2.89 bits per heavy atom. The van der Waals surface area contributed by atoms with Crippen molar-refractivity contribution in [2.45, 2.75) is 6.42 Å². The summed E-state index contributed by atoms with van der Waals surface area (Å²) in [7, 11) is 0. The fraction of sp³-hybridized carbons (Fsp3) is 0.154. The summed E-state index contributed by atoms with van der Waals surface area (Å²) in [5.74, 6) is -0.948. The molecule has 1 aromatic carbocycles. The molecule has 5 heteroatoms. The number of carbonyl (C=O) groups is 1. The van der Waals surface area contributed by atoms with Crippen LogP contribution in [0.1, 0.15) is 15.2 Å². The average molecular weight is 262 g/mol. The van der Waals surface area contributed by atoms with Crippen molar-refractivity contribution in [2.24, 2.45) is 0 Å². The quantitative estimate of drug-likeness (QED) is 0.724. The highest BCUT2D eigenvalue weighted by molar-refractivity contribution is 7.09. The highest BCUT2D eigenvalue weighted by Gasteiger charge is 2.06. The van der Waals surface area contributed by atoms with Crippen LogP contribution in [0.3, 0.4) is 0 Å². The van der Waals surface area contributed by atoms with Crippen LogP contribution in [-0.4, -0.2) is 17.6 Å². The van der Waals surface area contributed by atoms with Gasteiger partial charge in [-0.1, -0.05) is 6.07 Å². The van der Waals surface area contributed by atoms with Gasteiger partial charge in [0, 0.05) is 11.4 Å². The molecule has 1 aromatic heterocycles. The van der Waals surface area contributed by atoms with Gasteiger partial charge in [-0.15, -0.1) is 11.3 Å². The monoisotopic (exact) mass is 262 g/mol. The predicted octanol–water partition coefficient (Wildman–Crippen LogP) is 2.68. The molecule has 0 fully saturated rings. The number of aromatic carboxylic acids is 1. The molecule has 0 amide bonds. The number of nitrogens with two attached hydrogens (primary N) is 1. The Labute approximate surface area is 109 Å². The predicted molar refractivity (Wildman–Crippen MR) is 74.3 cm³/mol. The first-order valence-corrected chi connectivity index (χ1v) is 6.44. The van der Waals surface area contributed by atoms with Crippen LogP contribution in [0.2, 0.25) is 0 Å². The van der Waals surface area contributed by atoms with Crippen LogP contribution in [0.4, 0.5) is 11.4 Å². The maximum atomic E-state index is 10.9. The van der Waals surface area contributed by atoms with Gasteiger partial charge in [-0.2, -0.15) is 0 Å². The maximum absolute atomic E-state index is 10.9. The summed E-state index contributed by atoms with van der Waals surface area (Å²) in [6.07, 6.45) is 0.897. The molecular formula is C13H14N2O2S. The van der Waals surface area contributed by atoms with Crippen LogP contribution in [-0.2, 0) is 6.42 Å². The number of rotatable bonds is 5. The highest BCUT2D eigenvalue weighted by Crippen LogP contribution is 2.20. The van der Waals surface area contributed by atoms with E-state index in [9.17, 15) is 4.79 Å². The molecule has 4 nitrogen and oxygen atoms in total. The number of nitrogen functional groups attached to an aromatic ring is 1. The lowest BCUT2D eigenvalue weighted by Crippen LogP contribution is -2.07. The van der Waals surface area contributed by atoms with Crippen LogP contribution in [0.25, 0.3) is 0 Å². The molecule has 0 aliphatic carbocycles. The van der Waals surface area contributed by atoms with E-state index in [4.69, 9.17) is 10.8 Å². The zero-order chi connectivity index (χ0) is 13.0. The SMILES string of the molecule is Nc1ccc(C(=O)O)cc1NCCc1cccs1. The molecule has 0 bridgehead atoms. The molecule has 0 unspecified atom stereocenters. The highest BCUT2D eigenvalue weighted by atomic mass is 32.1. The average Bonchev–Trinajstić information content (AvgIpc) is 2.84. The van der Waals surface area contributed by atoms with Gasteiger partial charge in [-0.05, 0) is 36.1 Å². The second-order valence-electron chi connectivity index (χ2n) is 3.86. The molecule has 0 aliphatic rings. The minimum absolute atomic E-state index is 0.239. The largest absolute Gasteiger partial charge is 0.478 e. The van der Waals surface area contributed by atoms with E-state index in [0.29, 0.717) is 11.4 Å². The van der Waals surface area contributed by atoms with E-state index in [1.165, 1.54) is 10.9 Å². The number of hydrogen-bond donors (Lipinski definition) is 3. The van der Waals surface area contributed by atoms with E-state index >= 15 is 0 Å². The van der Waals surface area contributed by atoms with E-state index in [1.54, 1.807) is 23.5 Å². The topological polar surface area (TPSA) is 75.4 Å². The lowest BCUT2D eigenvalue weighted by Gasteiger charge is -2.09. The van der Waals surface area contributed by atoms with Crippen LogP contribution < -0.4 is 11.1 Å². The summed E-state index contributed by atoms with van der Waals surface area (Å²) in [5.41, 5.74) is 7.27. The summed E-state index contributed by atoms with van der Waals surface area (Å²) in [6.45, 7) is 0.730. The Hall–Kier alpha value is -2.01. The number of benzene rings is 1. The summed E-state index contributed by atoms with van der Waals surface area (Å²) < 4.78 is 0. The molecule has 0 saturated heterocycles. The zero-order valence-electron chi connectivity index (χ0n) is 9.72. The number of carboxylic acids is 1. The van der Waals surface area contributed by atoms with Gasteiger partial charge in [-0.25, -0.2) is 4.79 Å². The lowest BCUT2D eigenvalue weighted by molar-refractivity contribution is 0.0697. The van der Waals surface area contributed by atoms with Gasteiger partial charge >= 0.3 is 5.97 Å². The first-order chi connectivity index (χ1) is 8.66. The minimum Gasteiger partial charge on any atom is -0.478 e. The summed E-state index contributed by atoms with van der Waals surface area (Å²) in [6, 6.07) is 8.76. The second-order valence-corrected chi connectivity index (χ2v) is 4.90. The van der Waals surface area contributed by atoms with Crippen molar-refractivity contribution in [1.82, 2.24) is 0 Å². The number of hydrogen-bond acceptors (Lipinski definition) is 4. The molecule has 0 aliphatic heterocycles.